The van der Waals surface area contributed by atoms with Gasteiger partial charge in [-0.1, -0.05) is 18.2 Å². The molecule has 1 aromatic carbocycles. The van der Waals surface area contributed by atoms with Gasteiger partial charge in [-0.05, 0) is 23.6 Å². The van der Waals surface area contributed by atoms with Crippen LogP contribution in [0.3, 0.4) is 0 Å². The summed E-state index contributed by atoms with van der Waals surface area (Å²) in [6.45, 7) is -0.386. The molecule has 22 heavy (non-hydrogen) atoms. The molecule has 2 aromatic rings. The molecule has 6 nitrogen and oxygen atoms in total. The van der Waals surface area contributed by atoms with E-state index in [0.717, 1.165) is 4.31 Å². The highest BCUT2D eigenvalue weighted by Gasteiger charge is 2.40. The molecule has 0 N–H and O–H groups in total. The second kappa shape index (κ2) is 5.54. The molecule has 0 radical (unpaired) electrons. The topological polar surface area (TPSA) is 80.8 Å². The third-order valence-electron chi connectivity index (χ3n) is 3.16. The zero-order valence-electron chi connectivity index (χ0n) is 11.3. The Bertz CT molecular complexity index is 827. The standard InChI is InChI=1S/C14H11NO5S2/c16-13-10-4-1-2-6-12(10)22(18,19)15(13)7-8-20-14(17)11-5-3-9-21-11/h1-6,9H,7-8H2. The number of hydrogen-bond acceptors (Lipinski definition) is 6. The van der Waals surface area contributed by atoms with E-state index in [1.165, 1.54) is 23.5 Å². The Kier molecular flexibility index (Phi) is 3.71. The predicted molar refractivity (Wildman–Crippen MR) is 79.3 cm³/mol. The molecule has 1 amide bonds. The number of rotatable bonds is 4. The summed E-state index contributed by atoms with van der Waals surface area (Å²) in [6.07, 6.45) is 0. The lowest BCUT2D eigenvalue weighted by atomic mass is 10.2. The SMILES string of the molecule is O=C(OCCN1C(=O)c2ccccc2S1(=O)=O)c1cccs1. The number of esters is 1. The lowest BCUT2D eigenvalue weighted by Crippen LogP contribution is -2.33. The van der Waals surface area contributed by atoms with E-state index in [1.54, 1.807) is 29.6 Å². The van der Waals surface area contributed by atoms with Crippen molar-refractivity contribution < 1.29 is 22.7 Å². The van der Waals surface area contributed by atoms with Crippen molar-refractivity contribution in [3.63, 3.8) is 0 Å². The minimum atomic E-state index is -3.85. The average molecular weight is 337 g/mol. The van der Waals surface area contributed by atoms with Crippen LogP contribution >= 0.6 is 11.3 Å². The van der Waals surface area contributed by atoms with Crippen molar-refractivity contribution in [3.8, 4) is 0 Å². The van der Waals surface area contributed by atoms with Gasteiger partial charge in [0.2, 0.25) is 0 Å². The van der Waals surface area contributed by atoms with Gasteiger partial charge in [0.15, 0.2) is 0 Å². The van der Waals surface area contributed by atoms with Crippen molar-refractivity contribution in [2.45, 2.75) is 4.90 Å². The maximum atomic E-state index is 12.3. The zero-order valence-corrected chi connectivity index (χ0v) is 12.9. The molecule has 0 atom stereocenters. The van der Waals surface area contributed by atoms with Crippen LogP contribution in [0.5, 0.6) is 0 Å². The highest BCUT2D eigenvalue weighted by Crippen LogP contribution is 2.29. The normalized spacial score (nSPS) is 15.6. The summed E-state index contributed by atoms with van der Waals surface area (Å²) < 4.78 is 30.3. The zero-order chi connectivity index (χ0) is 15.7. The fourth-order valence-electron chi connectivity index (χ4n) is 2.14. The van der Waals surface area contributed by atoms with Gasteiger partial charge in [-0.3, -0.25) is 4.79 Å². The largest absolute Gasteiger partial charge is 0.460 e. The summed E-state index contributed by atoms with van der Waals surface area (Å²) in [5.41, 5.74) is 0.145. The van der Waals surface area contributed by atoms with Crippen LogP contribution in [0, 0.1) is 0 Å². The van der Waals surface area contributed by atoms with E-state index in [1.807, 2.05) is 0 Å². The van der Waals surface area contributed by atoms with Crippen molar-refractivity contribution in [3.05, 3.63) is 52.2 Å². The summed E-state index contributed by atoms with van der Waals surface area (Å²) in [6, 6.07) is 9.34. The fraction of sp³-hybridized carbons (Fsp3) is 0.143. The van der Waals surface area contributed by atoms with Gasteiger partial charge < -0.3 is 4.74 Å². The highest BCUT2D eigenvalue weighted by atomic mass is 32.2. The number of carbonyl (C=O) groups excluding carboxylic acids is 2. The van der Waals surface area contributed by atoms with E-state index >= 15 is 0 Å². The molecule has 1 aliphatic rings. The third-order valence-corrected chi connectivity index (χ3v) is 5.85. The molecule has 0 fully saturated rings. The molecule has 1 aromatic heterocycles. The molecule has 0 spiro atoms. The lowest BCUT2D eigenvalue weighted by molar-refractivity contribution is 0.0483. The van der Waals surface area contributed by atoms with Gasteiger partial charge >= 0.3 is 5.97 Å². The molecule has 0 unspecified atom stereocenters. The van der Waals surface area contributed by atoms with Crippen LogP contribution in [0.2, 0.25) is 0 Å². The maximum Gasteiger partial charge on any atom is 0.348 e. The summed E-state index contributed by atoms with van der Waals surface area (Å²) in [5.74, 6) is -1.13. The van der Waals surface area contributed by atoms with Crippen molar-refractivity contribution in [1.29, 1.82) is 0 Å². The van der Waals surface area contributed by atoms with Crippen LogP contribution in [0.4, 0.5) is 0 Å². The number of hydrogen-bond donors (Lipinski definition) is 0. The van der Waals surface area contributed by atoms with Crippen LogP contribution in [0.25, 0.3) is 0 Å². The average Bonchev–Trinajstić information content (AvgIpc) is 3.10. The maximum absolute atomic E-state index is 12.3. The van der Waals surface area contributed by atoms with Gasteiger partial charge in [-0.15, -0.1) is 11.3 Å². The Labute approximate surface area is 131 Å². The molecule has 0 saturated heterocycles. The number of benzene rings is 1. The molecule has 8 heteroatoms. The van der Waals surface area contributed by atoms with E-state index in [0.29, 0.717) is 4.88 Å². The van der Waals surface area contributed by atoms with E-state index < -0.39 is 21.9 Å². The highest BCUT2D eigenvalue weighted by molar-refractivity contribution is 7.90. The number of nitrogens with zero attached hydrogens (tertiary/aromatic N) is 1. The molecule has 0 saturated carbocycles. The number of sulfonamides is 1. The summed E-state index contributed by atoms with van der Waals surface area (Å²) in [5, 5.41) is 1.74. The first-order valence-electron chi connectivity index (χ1n) is 6.38. The van der Waals surface area contributed by atoms with Crippen LogP contribution < -0.4 is 0 Å². The fourth-order valence-corrected chi connectivity index (χ4v) is 4.31. The van der Waals surface area contributed by atoms with E-state index in [-0.39, 0.29) is 23.6 Å². The Morgan fingerprint density at radius 2 is 1.95 bits per heavy atom. The Morgan fingerprint density at radius 1 is 1.18 bits per heavy atom. The monoisotopic (exact) mass is 337 g/mol. The van der Waals surface area contributed by atoms with Crippen molar-refractivity contribution in [1.82, 2.24) is 4.31 Å². The molecule has 114 valence electrons. The third kappa shape index (κ3) is 2.40. The first-order valence-corrected chi connectivity index (χ1v) is 8.70. The van der Waals surface area contributed by atoms with E-state index in [9.17, 15) is 18.0 Å². The summed E-state index contributed by atoms with van der Waals surface area (Å²) in [7, 11) is -3.85. The molecular formula is C14H11NO5S2. The van der Waals surface area contributed by atoms with Crippen LogP contribution in [-0.4, -0.2) is 37.8 Å². The minimum Gasteiger partial charge on any atom is -0.460 e. The van der Waals surface area contributed by atoms with Gasteiger partial charge in [0.25, 0.3) is 15.9 Å². The number of carbonyl (C=O) groups is 2. The predicted octanol–water partition coefficient (Wildman–Crippen LogP) is 1.75. The first kappa shape index (κ1) is 14.7. The second-order valence-corrected chi connectivity index (χ2v) is 7.27. The number of fused-ring (bicyclic) bond motifs is 1. The van der Waals surface area contributed by atoms with Crippen LogP contribution in [-0.2, 0) is 14.8 Å². The molecule has 2 heterocycles. The van der Waals surface area contributed by atoms with Gasteiger partial charge in [0.05, 0.1) is 12.1 Å². The Balaban J connectivity index is 1.69. The molecule has 0 bridgehead atoms. The molecule has 0 aliphatic carbocycles. The van der Waals surface area contributed by atoms with Crippen molar-refractivity contribution in [2.75, 3.05) is 13.2 Å². The van der Waals surface area contributed by atoms with E-state index in [4.69, 9.17) is 4.74 Å². The van der Waals surface area contributed by atoms with Crippen LogP contribution in [0.1, 0.15) is 20.0 Å². The first-order chi connectivity index (χ1) is 10.5. The minimum absolute atomic E-state index is 0.00965. The quantitative estimate of drug-likeness (QED) is 0.794. The second-order valence-electron chi connectivity index (χ2n) is 4.49. The van der Waals surface area contributed by atoms with E-state index in [2.05, 4.69) is 0 Å². The van der Waals surface area contributed by atoms with Gasteiger partial charge in [-0.25, -0.2) is 17.5 Å². The Hall–Kier alpha value is -2.19. The number of thiophene rings is 1. The van der Waals surface area contributed by atoms with Gasteiger partial charge in [0.1, 0.15) is 16.4 Å². The van der Waals surface area contributed by atoms with Gasteiger partial charge in [0, 0.05) is 0 Å². The van der Waals surface area contributed by atoms with Crippen LogP contribution in [0.15, 0.2) is 46.7 Å². The summed E-state index contributed by atoms with van der Waals surface area (Å²) >= 11 is 1.23. The van der Waals surface area contributed by atoms with Crippen molar-refractivity contribution >= 4 is 33.2 Å². The smallest absolute Gasteiger partial charge is 0.348 e. The number of amides is 1. The molecule has 3 rings (SSSR count). The number of ether oxygens (including phenoxy) is 1. The Morgan fingerprint density at radius 3 is 2.64 bits per heavy atom. The van der Waals surface area contributed by atoms with Crippen molar-refractivity contribution in [2.24, 2.45) is 0 Å². The van der Waals surface area contributed by atoms with Gasteiger partial charge in [-0.2, -0.15) is 0 Å². The molecular weight excluding hydrogens is 326 g/mol. The lowest BCUT2D eigenvalue weighted by Gasteiger charge is -2.14. The molecule has 1 aliphatic heterocycles. The summed E-state index contributed by atoms with van der Waals surface area (Å²) in [4.78, 5) is 24.2.